The van der Waals surface area contributed by atoms with E-state index in [4.69, 9.17) is 80.5 Å². The average molecular weight is 1550 g/mol. The quantitative estimate of drug-likeness (QED) is 0.0160. The zero-order valence-corrected chi connectivity index (χ0v) is 61.1. The maximum atomic E-state index is 15.0. The summed E-state index contributed by atoms with van der Waals surface area (Å²) in [6.45, 7) is 1.09. The highest BCUT2D eigenvalue weighted by molar-refractivity contribution is 5.94. The number of ether oxygens (including phenoxy) is 17. The third-order valence-electron chi connectivity index (χ3n) is 18.6. The SMILES string of the molecule is C=CCCCO[C@H]1O[C@H](CO[C@H]2OC(CO[C@H]3O[C@H](COC(=O)c4ccccc4)[C@@H](OC(=O)c4ccccc4)[C@@H]3OC(=O)c3ccccc3)[C@@H](O[C@H]3O[C@H](COC(=O)c4ccccc4)[C@@H](OC(=O)c4ccccc4)[C@@H]3OC(=O)c3ccccc3)[C@@H]2OC(=O)c2ccccc2)[C@@H](OC(=O)c2ccccc2)[C@@H]1OC(=O)c1ccccc1. The van der Waals surface area contributed by atoms with Crippen LogP contribution in [0.25, 0.3) is 0 Å². The molecule has 9 aromatic rings. The Kier molecular flexibility index (Phi) is 27.4. The number of esters is 9. The first kappa shape index (κ1) is 79.7. The van der Waals surface area contributed by atoms with Gasteiger partial charge in [-0.25, -0.2) is 43.2 Å². The minimum absolute atomic E-state index is 0.00118. The Balaban J connectivity index is 0.907. The molecule has 0 saturated carbocycles. The first-order valence-electron chi connectivity index (χ1n) is 36.7. The standard InChI is InChI=1S/C88H78O26/c1-2-3-31-50-98-85-72(110-81(94)60-42-23-9-24-43-60)69(108-79(92)58-38-19-7-20-39-58)66(103-85)53-101-87-74(112-83(96)62-46-27-11-28-47-62)71(114-88-75(113-84(97)63-48-29-12-30-49-63)70(109-80(93)59-40-21-8-22-41-59)65(106-88)52-100-77(90)56-34-15-5-16-35-56)67(105-87)54-102-86-73(111-82(95)61-44-25-10-26-45-61)68(107-78(91)57-36-17-6-18-37-57)64(104-86)51-99-76(89)55-32-13-4-14-33-55/h2,4-30,32-49,64-75,85-88H,1,3,31,50-54H2/t64-,65-,66-,67?,68-,69-,70-,71-,72+,73+,74+,75+,85+,86+,87+,88-/m1/s1. The van der Waals surface area contributed by atoms with Crippen molar-refractivity contribution in [1.82, 2.24) is 0 Å². The van der Waals surface area contributed by atoms with Crippen molar-refractivity contribution in [3.8, 4) is 0 Å². The summed E-state index contributed by atoms with van der Waals surface area (Å²) in [5.41, 5.74) is 0.723. The molecule has 0 spiro atoms. The lowest BCUT2D eigenvalue weighted by Crippen LogP contribution is -2.48. The number of rotatable bonds is 33. The number of unbranched alkanes of at least 4 members (excludes halogenated alkanes) is 1. The predicted octanol–water partition coefficient (Wildman–Crippen LogP) is 11.6. The van der Waals surface area contributed by atoms with Gasteiger partial charge in [0, 0.05) is 0 Å². The molecule has 0 radical (unpaired) electrons. The van der Waals surface area contributed by atoms with Gasteiger partial charge in [0.2, 0.25) is 0 Å². The van der Waals surface area contributed by atoms with Crippen LogP contribution in [-0.4, -0.2) is 185 Å². The second kappa shape index (κ2) is 39.2. The van der Waals surface area contributed by atoms with Crippen molar-refractivity contribution in [1.29, 1.82) is 0 Å². The molecule has 1 unspecified atom stereocenters. The Morgan fingerprint density at radius 1 is 0.254 bits per heavy atom. The van der Waals surface area contributed by atoms with Crippen LogP contribution in [0.1, 0.15) is 106 Å². The number of carbonyl (C=O) groups excluding carboxylic acids is 9. The zero-order valence-electron chi connectivity index (χ0n) is 61.1. The van der Waals surface area contributed by atoms with Gasteiger partial charge in [-0.15, -0.1) is 6.58 Å². The van der Waals surface area contributed by atoms with Crippen LogP contribution >= 0.6 is 0 Å². The van der Waals surface area contributed by atoms with E-state index in [1.165, 1.54) is 109 Å². The molecule has 0 aliphatic carbocycles. The lowest BCUT2D eigenvalue weighted by Gasteiger charge is -2.30. The molecular formula is C88H78O26. The minimum Gasteiger partial charge on any atom is -0.459 e. The van der Waals surface area contributed by atoms with Crippen molar-refractivity contribution in [3.63, 3.8) is 0 Å². The summed E-state index contributed by atoms with van der Waals surface area (Å²) in [5.74, 6) is -8.09. The summed E-state index contributed by atoms with van der Waals surface area (Å²) in [4.78, 5) is 129. The Bertz CT molecular complexity index is 4690. The van der Waals surface area contributed by atoms with Crippen molar-refractivity contribution < 1.29 is 124 Å². The van der Waals surface area contributed by atoms with Gasteiger partial charge in [-0.3, -0.25) is 0 Å². The van der Waals surface area contributed by atoms with E-state index in [1.807, 2.05) is 0 Å². The van der Waals surface area contributed by atoms with E-state index in [1.54, 1.807) is 170 Å². The van der Waals surface area contributed by atoms with Gasteiger partial charge in [0.05, 0.1) is 69.9 Å². The molecule has 16 atom stereocenters. The smallest absolute Gasteiger partial charge is 0.338 e. The van der Waals surface area contributed by atoms with E-state index in [2.05, 4.69) is 6.58 Å². The molecule has 4 saturated heterocycles. The molecule has 0 bridgehead atoms. The molecule has 0 N–H and O–H groups in total. The van der Waals surface area contributed by atoms with Crippen LogP contribution in [0.2, 0.25) is 0 Å². The van der Waals surface area contributed by atoms with Gasteiger partial charge in [0.15, 0.2) is 67.9 Å². The zero-order chi connectivity index (χ0) is 79.1. The van der Waals surface area contributed by atoms with E-state index in [0.717, 1.165) is 0 Å². The Labute approximate surface area is 654 Å². The van der Waals surface area contributed by atoms with E-state index >= 15 is 4.79 Å². The molecule has 4 aliphatic rings. The van der Waals surface area contributed by atoms with Crippen LogP contribution in [0.5, 0.6) is 0 Å². The van der Waals surface area contributed by atoms with E-state index < -0.39 is 179 Å². The minimum atomic E-state index is -1.95. The van der Waals surface area contributed by atoms with Gasteiger partial charge in [-0.1, -0.05) is 170 Å². The highest BCUT2D eigenvalue weighted by Crippen LogP contribution is 2.39. The second-order valence-electron chi connectivity index (χ2n) is 26.3. The first-order chi connectivity index (χ1) is 55.7. The second-order valence-corrected chi connectivity index (χ2v) is 26.3. The Morgan fingerprint density at radius 3 is 0.737 bits per heavy atom. The molecule has 0 amide bonds. The van der Waals surface area contributed by atoms with Gasteiger partial charge < -0.3 is 80.5 Å². The van der Waals surface area contributed by atoms with Crippen LogP contribution in [0, 0.1) is 0 Å². The molecule has 4 aliphatic heterocycles. The molecule has 4 fully saturated rings. The van der Waals surface area contributed by atoms with Crippen LogP contribution in [-0.2, 0) is 80.5 Å². The topological polar surface area (TPSA) is 311 Å². The molecule has 26 nitrogen and oxygen atoms in total. The average Bonchev–Trinajstić information content (AvgIpc) is 1.64. The van der Waals surface area contributed by atoms with Crippen molar-refractivity contribution in [2.75, 3.05) is 33.0 Å². The van der Waals surface area contributed by atoms with Gasteiger partial charge >= 0.3 is 53.7 Å². The summed E-state index contributed by atoms with van der Waals surface area (Å²) in [5, 5.41) is 0. The molecule has 26 heteroatoms. The van der Waals surface area contributed by atoms with E-state index in [0.29, 0.717) is 12.8 Å². The summed E-state index contributed by atoms with van der Waals surface area (Å²) in [6, 6.07) is 70.9. The fourth-order valence-electron chi connectivity index (χ4n) is 12.9. The number of benzene rings is 9. The summed E-state index contributed by atoms with van der Waals surface area (Å²) in [6.07, 6.45) is -24.1. The largest absolute Gasteiger partial charge is 0.459 e. The van der Waals surface area contributed by atoms with E-state index in [9.17, 15) is 38.4 Å². The first-order valence-corrected chi connectivity index (χ1v) is 36.7. The summed E-state index contributed by atoms with van der Waals surface area (Å²) in [7, 11) is 0. The molecule has 13 rings (SSSR count). The molecular weight excluding hydrogens is 1470 g/mol. The Morgan fingerprint density at radius 2 is 0.465 bits per heavy atom. The summed E-state index contributed by atoms with van der Waals surface area (Å²) >= 11 is 0. The molecule has 9 aromatic carbocycles. The van der Waals surface area contributed by atoms with Gasteiger partial charge in [-0.2, -0.15) is 0 Å². The van der Waals surface area contributed by atoms with Gasteiger partial charge in [-0.05, 0) is 122 Å². The normalized spacial score (nSPS) is 24.0. The van der Waals surface area contributed by atoms with Crippen molar-refractivity contribution in [2.24, 2.45) is 0 Å². The highest BCUT2D eigenvalue weighted by Gasteiger charge is 2.59. The van der Waals surface area contributed by atoms with Crippen LogP contribution in [0.15, 0.2) is 286 Å². The van der Waals surface area contributed by atoms with E-state index in [-0.39, 0.29) is 56.7 Å². The number of allylic oxidation sites excluding steroid dienone is 1. The van der Waals surface area contributed by atoms with Crippen molar-refractivity contribution in [2.45, 2.75) is 111 Å². The maximum absolute atomic E-state index is 15.0. The van der Waals surface area contributed by atoms with Crippen molar-refractivity contribution in [3.05, 3.63) is 336 Å². The van der Waals surface area contributed by atoms with Crippen molar-refractivity contribution >= 4 is 53.7 Å². The molecule has 586 valence electrons. The number of hydrogen-bond acceptors (Lipinski definition) is 26. The maximum Gasteiger partial charge on any atom is 0.338 e. The lowest BCUT2D eigenvalue weighted by atomic mass is 10.1. The van der Waals surface area contributed by atoms with Gasteiger partial charge in [0.25, 0.3) is 0 Å². The summed E-state index contributed by atoms with van der Waals surface area (Å²) < 4.78 is 110. The highest BCUT2D eigenvalue weighted by atomic mass is 16.8. The number of hydrogen-bond donors (Lipinski definition) is 0. The van der Waals surface area contributed by atoms with Crippen LogP contribution in [0.3, 0.4) is 0 Å². The molecule has 4 heterocycles. The number of carbonyl (C=O) groups is 9. The van der Waals surface area contributed by atoms with Gasteiger partial charge in [0.1, 0.15) is 43.7 Å². The van der Waals surface area contributed by atoms with Crippen LogP contribution < -0.4 is 0 Å². The van der Waals surface area contributed by atoms with Crippen LogP contribution in [0.4, 0.5) is 0 Å². The third kappa shape index (κ3) is 20.5. The molecule has 0 aromatic heterocycles. The fraction of sp³-hybridized carbons (Fsp3) is 0.261. The lowest BCUT2D eigenvalue weighted by molar-refractivity contribution is -0.228. The monoisotopic (exact) mass is 1550 g/mol. The Hall–Kier alpha value is -12.4. The molecule has 114 heavy (non-hydrogen) atoms. The fourth-order valence-corrected chi connectivity index (χ4v) is 12.9. The third-order valence-corrected chi connectivity index (χ3v) is 18.6. The predicted molar refractivity (Wildman–Crippen MR) is 400 cm³/mol.